The van der Waals surface area contributed by atoms with Crippen LogP contribution in [0.15, 0.2) is 18.2 Å². The van der Waals surface area contributed by atoms with E-state index in [0.29, 0.717) is 16.5 Å². The van der Waals surface area contributed by atoms with Gasteiger partial charge in [-0.2, -0.15) is 0 Å². The van der Waals surface area contributed by atoms with E-state index >= 15 is 0 Å². The Kier molecular flexibility index (Phi) is 4.49. The quantitative estimate of drug-likeness (QED) is 0.924. The molecule has 0 aliphatic carbocycles. The van der Waals surface area contributed by atoms with Gasteiger partial charge in [0.1, 0.15) is 12.3 Å². The molecular formula is C14H17ClN2O3. The van der Waals surface area contributed by atoms with Crippen molar-refractivity contribution in [1.82, 2.24) is 5.32 Å². The summed E-state index contributed by atoms with van der Waals surface area (Å²) < 4.78 is 5.32. The number of ether oxygens (including phenoxy) is 1. The predicted molar refractivity (Wildman–Crippen MR) is 77.2 cm³/mol. The fraction of sp³-hybridized carbons (Fsp3) is 0.429. The molecule has 0 fully saturated rings. The maximum atomic E-state index is 11.9. The summed E-state index contributed by atoms with van der Waals surface area (Å²) in [6.45, 7) is 3.81. The fourth-order valence-corrected chi connectivity index (χ4v) is 2.08. The largest absolute Gasteiger partial charge is 0.482 e. The second-order valence-electron chi connectivity index (χ2n) is 4.76. The third-order valence-corrected chi connectivity index (χ3v) is 3.42. The standard InChI is InChI=1S/C14H17ClN2O3/c1-3-9(2)16-13(18)7-17-11-6-10(15)4-5-12(11)20-8-14(17)19/h4-6,9H,3,7-8H2,1-2H3,(H,16,18). The van der Waals surface area contributed by atoms with E-state index in [2.05, 4.69) is 5.32 Å². The number of carbonyl (C=O) groups excluding carboxylic acids is 2. The van der Waals surface area contributed by atoms with Gasteiger partial charge < -0.3 is 10.1 Å². The summed E-state index contributed by atoms with van der Waals surface area (Å²) in [6, 6.07) is 5.10. The van der Waals surface area contributed by atoms with Gasteiger partial charge in [-0.15, -0.1) is 0 Å². The fourth-order valence-electron chi connectivity index (χ4n) is 1.91. The number of halogens is 1. The summed E-state index contributed by atoms with van der Waals surface area (Å²) in [7, 11) is 0. The van der Waals surface area contributed by atoms with Crippen LogP contribution in [0.5, 0.6) is 5.75 Å². The SMILES string of the molecule is CCC(C)NC(=O)CN1C(=O)COc2ccc(Cl)cc21. The van der Waals surface area contributed by atoms with E-state index in [-0.39, 0.29) is 31.0 Å². The molecule has 1 atom stereocenters. The second kappa shape index (κ2) is 6.13. The van der Waals surface area contributed by atoms with E-state index < -0.39 is 0 Å². The minimum atomic E-state index is -0.251. The van der Waals surface area contributed by atoms with Crippen molar-refractivity contribution in [3.05, 3.63) is 23.2 Å². The number of fused-ring (bicyclic) bond motifs is 1. The first kappa shape index (κ1) is 14.7. The van der Waals surface area contributed by atoms with Gasteiger partial charge in [0.05, 0.1) is 5.69 Å². The van der Waals surface area contributed by atoms with Crippen LogP contribution in [-0.4, -0.2) is 31.0 Å². The van der Waals surface area contributed by atoms with E-state index in [9.17, 15) is 9.59 Å². The second-order valence-corrected chi connectivity index (χ2v) is 5.19. The third-order valence-electron chi connectivity index (χ3n) is 3.19. The van der Waals surface area contributed by atoms with Crippen molar-refractivity contribution in [2.75, 3.05) is 18.1 Å². The lowest BCUT2D eigenvalue weighted by Gasteiger charge is -2.29. The van der Waals surface area contributed by atoms with Crippen LogP contribution < -0.4 is 15.0 Å². The number of nitrogens with one attached hydrogen (secondary N) is 1. The van der Waals surface area contributed by atoms with E-state index in [4.69, 9.17) is 16.3 Å². The molecule has 0 aromatic heterocycles. The molecule has 20 heavy (non-hydrogen) atoms. The zero-order valence-corrected chi connectivity index (χ0v) is 12.2. The van der Waals surface area contributed by atoms with Crippen LogP contribution in [0.3, 0.4) is 0 Å². The van der Waals surface area contributed by atoms with E-state index in [1.807, 2.05) is 13.8 Å². The molecular weight excluding hydrogens is 280 g/mol. The Labute approximate surface area is 122 Å². The number of nitrogens with zero attached hydrogens (tertiary/aromatic N) is 1. The van der Waals surface area contributed by atoms with Gasteiger partial charge in [0.2, 0.25) is 5.91 Å². The zero-order chi connectivity index (χ0) is 14.7. The third kappa shape index (κ3) is 3.22. The molecule has 0 radical (unpaired) electrons. The smallest absolute Gasteiger partial charge is 0.265 e. The number of anilines is 1. The molecule has 1 aliphatic rings. The molecule has 0 bridgehead atoms. The van der Waals surface area contributed by atoms with Crippen molar-refractivity contribution in [2.45, 2.75) is 26.3 Å². The van der Waals surface area contributed by atoms with Crippen molar-refractivity contribution < 1.29 is 14.3 Å². The predicted octanol–water partition coefficient (Wildman–Crippen LogP) is 1.98. The number of carbonyl (C=O) groups is 2. The van der Waals surface area contributed by atoms with Crippen molar-refractivity contribution >= 4 is 29.1 Å². The Hall–Kier alpha value is -1.75. The molecule has 1 unspecified atom stereocenters. The summed E-state index contributed by atoms with van der Waals surface area (Å²) in [4.78, 5) is 25.3. The number of hydrogen-bond donors (Lipinski definition) is 1. The molecule has 1 aromatic carbocycles. The Bertz CT molecular complexity index is 533. The van der Waals surface area contributed by atoms with Gasteiger partial charge in [-0.25, -0.2) is 0 Å². The average molecular weight is 297 g/mol. The molecule has 2 amide bonds. The molecule has 1 aromatic rings. The minimum Gasteiger partial charge on any atom is -0.482 e. The molecule has 108 valence electrons. The number of benzene rings is 1. The van der Waals surface area contributed by atoms with E-state index in [0.717, 1.165) is 6.42 Å². The summed E-state index contributed by atoms with van der Waals surface area (Å²) in [5.41, 5.74) is 0.535. The van der Waals surface area contributed by atoms with Crippen molar-refractivity contribution in [3.63, 3.8) is 0 Å². The van der Waals surface area contributed by atoms with Gasteiger partial charge in [0, 0.05) is 11.1 Å². The van der Waals surface area contributed by atoms with Gasteiger partial charge in [-0.1, -0.05) is 18.5 Å². The van der Waals surface area contributed by atoms with Crippen LogP contribution in [0.2, 0.25) is 5.02 Å². The topological polar surface area (TPSA) is 58.6 Å². The molecule has 5 nitrogen and oxygen atoms in total. The first-order valence-electron chi connectivity index (χ1n) is 6.53. The maximum Gasteiger partial charge on any atom is 0.265 e. The highest BCUT2D eigenvalue weighted by molar-refractivity contribution is 6.31. The highest BCUT2D eigenvalue weighted by Crippen LogP contribution is 2.34. The first-order valence-corrected chi connectivity index (χ1v) is 6.91. The highest BCUT2D eigenvalue weighted by atomic mass is 35.5. The van der Waals surface area contributed by atoms with E-state index in [1.54, 1.807) is 18.2 Å². The van der Waals surface area contributed by atoms with Crippen LogP contribution in [0.1, 0.15) is 20.3 Å². The van der Waals surface area contributed by atoms with E-state index in [1.165, 1.54) is 4.90 Å². The first-order chi connectivity index (χ1) is 9.51. The minimum absolute atomic E-state index is 0.0279. The van der Waals surface area contributed by atoms with Crippen molar-refractivity contribution in [1.29, 1.82) is 0 Å². The molecule has 0 saturated heterocycles. The number of rotatable bonds is 4. The van der Waals surface area contributed by atoms with Crippen molar-refractivity contribution in [3.8, 4) is 5.75 Å². The van der Waals surface area contributed by atoms with Gasteiger partial charge in [-0.05, 0) is 31.5 Å². The summed E-state index contributed by atoms with van der Waals surface area (Å²) in [5.74, 6) is 0.116. The molecule has 1 aliphatic heterocycles. The monoisotopic (exact) mass is 296 g/mol. The molecule has 6 heteroatoms. The average Bonchev–Trinajstić information content (AvgIpc) is 2.42. The Morgan fingerprint density at radius 2 is 2.30 bits per heavy atom. The van der Waals surface area contributed by atoms with Gasteiger partial charge in [-0.3, -0.25) is 14.5 Å². The molecule has 1 N–H and O–H groups in total. The molecule has 0 saturated carbocycles. The normalized spacial score (nSPS) is 15.3. The molecule has 2 rings (SSSR count). The Morgan fingerprint density at radius 3 is 3.00 bits per heavy atom. The lowest BCUT2D eigenvalue weighted by molar-refractivity contribution is -0.125. The van der Waals surface area contributed by atoms with Gasteiger partial charge >= 0.3 is 0 Å². The lowest BCUT2D eigenvalue weighted by Crippen LogP contribution is -2.46. The maximum absolute atomic E-state index is 11.9. The Morgan fingerprint density at radius 1 is 1.55 bits per heavy atom. The van der Waals surface area contributed by atoms with Gasteiger partial charge in [0.15, 0.2) is 6.61 Å². The Balaban J connectivity index is 2.17. The summed E-state index contributed by atoms with van der Waals surface area (Å²) in [5, 5.41) is 3.33. The molecule has 0 spiro atoms. The molecule has 1 heterocycles. The van der Waals surface area contributed by atoms with Gasteiger partial charge in [0.25, 0.3) is 5.91 Å². The van der Waals surface area contributed by atoms with Crippen LogP contribution in [0.25, 0.3) is 0 Å². The number of amides is 2. The summed E-state index contributed by atoms with van der Waals surface area (Å²) >= 11 is 5.94. The highest BCUT2D eigenvalue weighted by Gasteiger charge is 2.27. The van der Waals surface area contributed by atoms with Crippen LogP contribution >= 0.6 is 11.6 Å². The van der Waals surface area contributed by atoms with Crippen molar-refractivity contribution in [2.24, 2.45) is 0 Å². The number of hydrogen-bond acceptors (Lipinski definition) is 3. The lowest BCUT2D eigenvalue weighted by atomic mass is 10.2. The van der Waals surface area contributed by atoms with Crippen LogP contribution in [0, 0.1) is 0 Å². The van der Waals surface area contributed by atoms with Crippen LogP contribution in [-0.2, 0) is 9.59 Å². The van der Waals surface area contributed by atoms with Crippen LogP contribution in [0.4, 0.5) is 5.69 Å². The summed E-state index contributed by atoms with van der Waals surface area (Å²) in [6.07, 6.45) is 0.839. The zero-order valence-electron chi connectivity index (χ0n) is 11.5.